The van der Waals surface area contributed by atoms with Gasteiger partial charge in [-0.3, -0.25) is 4.79 Å². The van der Waals surface area contributed by atoms with Crippen LogP contribution in [0.15, 0.2) is 12.3 Å². The lowest BCUT2D eigenvalue weighted by atomic mass is 10.1. The zero-order valence-electron chi connectivity index (χ0n) is 6.87. The van der Waals surface area contributed by atoms with Crippen LogP contribution in [0.25, 0.3) is 0 Å². The largest absolute Gasteiger partial charge is 0.463 e. The van der Waals surface area contributed by atoms with Gasteiger partial charge in [0, 0.05) is 18.3 Å². The maximum atomic E-state index is 9.97. The molecule has 2 N–H and O–H groups in total. The third-order valence-corrected chi connectivity index (χ3v) is 1.94. The molecular formula is C8H9ClN2O2. The summed E-state index contributed by atoms with van der Waals surface area (Å²) in [6, 6.07) is 1.75. The summed E-state index contributed by atoms with van der Waals surface area (Å²) < 4.78 is 4.58. The van der Waals surface area contributed by atoms with Gasteiger partial charge in [0.25, 0.3) is 6.47 Å². The van der Waals surface area contributed by atoms with Gasteiger partial charge >= 0.3 is 0 Å². The van der Waals surface area contributed by atoms with Crippen LogP contribution in [0.2, 0.25) is 5.15 Å². The van der Waals surface area contributed by atoms with Crippen molar-refractivity contribution >= 4 is 18.1 Å². The highest BCUT2D eigenvalue weighted by Crippen LogP contribution is 2.17. The molecule has 0 saturated carbocycles. The maximum absolute atomic E-state index is 9.97. The van der Waals surface area contributed by atoms with Gasteiger partial charge in [-0.1, -0.05) is 11.6 Å². The number of halogens is 1. The van der Waals surface area contributed by atoms with E-state index in [0.717, 1.165) is 5.56 Å². The number of rotatable bonds is 4. The Balaban J connectivity index is 2.93. The molecule has 0 radical (unpaired) electrons. The molecule has 70 valence electrons. The van der Waals surface area contributed by atoms with Crippen molar-refractivity contribution < 1.29 is 9.53 Å². The number of nitrogens with two attached hydrogens (primary N) is 1. The summed E-state index contributed by atoms with van der Waals surface area (Å²) in [6.45, 7) is 0.826. The minimum atomic E-state index is 0.114. The van der Waals surface area contributed by atoms with Crippen LogP contribution in [0.3, 0.4) is 0 Å². The van der Waals surface area contributed by atoms with Crippen LogP contribution in [-0.2, 0) is 22.7 Å². The number of hydrogen-bond donors (Lipinski definition) is 1. The normalized spacial score (nSPS) is 9.69. The second-order valence-electron chi connectivity index (χ2n) is 2.35. The van der Waals surface area contributed by atoms with Crippen molar-refractivity contribution in [3.05, 3.63) is 28.5 Å². The molecule has 0 unspecified atom stereocenters. The van der Waals surface area contributed by atoms with Gasteiger partial charge < -0.3 is 10.5 Å². The van der Waals surface area contributed by atoms with Gasteiger partial charge in [0.05, 0.1) is 0 Å². The SMILES string of the molecule is NCc1ccnc(Cl)c1COC=O. The van der Waals surface area contributed by atoms with Crippen LogP contribution in [0.5, 0.6) is 0 Å². The molecule has 1 heterocycles. The molecule has 0 spiro atoms. The Bertz CT molecular complexity index is 304. The van der Waals surface area contributed by atoms with E-state index in [2.05, 4.69) is 9.72 Å². The van der Waals surface area contributed by atoms with E-state index in [4.69, 9.17) is 17.3 Å². The Kier molecular flexibility index (Phi) is 3.67. The summed E-state index contributed by atoms with van der Waals surface area (Å²) in [4.78, 5) is 13.8. The zero-order chi connectivity index (χ0) is 9.68. The van der Waals surface area contributed by atoms with Crippen molar-refractivity contribution in [1.82, 2.24) is 4.98 Å². The van der Waals surface area contributed by atoms with E-state index >= 15 is 0 Å². The third-order valence-electron chi connectivity index (χ3n) is 1.62. The van der Waals surface area contributed by atoms with E-state index in [1.54, 1.807) is 12.3 Å². The Labute approximate surface area is 80.7 Å². The number of aromatic nitrogens is 1. The monoisotopic (exact) mass is 200 g/mol. The Morgan fingerprint density at radius 2 is 2.46 bits per heavy atom. The molecule has 4 nitrogen and oxygen atoms in total. The first-order chi connectivity index (χ1) is 6.29. The van der Waals surface area contributed by atoms with Crippen molar-refractivity contribution in [2.45, 2.75) is 13.2 Å². The summed E-state index contributed by atoms with van der Waals surface area (Å²) in [5, 5.41) is 0.324. The smallest absolute Gasteiger partial charge is 0.293 e. The van der Waals surface area contributed by atoms with Crippen LogP contribution < -0.4 is 5.73 Å². The minimum absolute atomic E-state index is 0.114. The lowest BCUT2D eigenvalue weighted by molar-refractivity contribution is -0.129. The van der Waals surface area contributed by atoms with Gasteiger partial charge in [-0.05, 0) is 11.6 Å². The minimum Gasteiger partial charge on any atom is -0.463 e. The highest BCUT2D eigenvalue weighted by atomic mass is 35.5. The molecule has 0 aromatic carbocycles. The molecule has 13 heavy (non-hydrogen) atoms. The quantitative estimate of drug-likeness (QED) is 0.579. The van der Waals surface area contributed by atoms with Crippen molar-refractivity contribution in [2.24, 2.45) is 5.73 Å². The number of ether oxygens (including phenoxy) is 1. The summed E-state index contributed by atoms with van der Waals surface area (Å²) in [5.41, 5.74) is 6.96. The maximum Gasteiger partial charge on any atom is 0.293 e. The number of carbonyl (C=O) groups excluding carboxylic acids is 1. The highest BCUT2D eigenvalue weighted by molar-refractivity contribution is 6.30. The molecular weight excluding hydrogens is 192 g/mol. The van der Waals surface area contributed by atoms with Crippen LogP contribution in [0, 0.1) is 0 Å². The van der Waals surface area contributed by atoms with Crippen molar-refractivity contribution in [3.8, 4) is 0 Å². The molecule has 0 fully saturated rings. The van der Waals surface area contributed by atoms with E-state index < -0.39 is 0 Å². The lowest BCUT2D eigenvalue weighted by Gasteiger charge is -2.06. The predicted molar refractivity (Wildman–Crippen MR) is 48.0 cm³/mol. The third kappa shape index (κ3) is 2.40. The molecule has 0 bridgehead atoms. The topological polar surface area (TPSA) is 65.2 Å². The summed E-state index contributed by atoms with van der Waals surface area (Å²) in [6.07, 6.45) is 1.56. The molecule has 0 atom stereocenters. The summed E-state index contributed by atoms with van der Waals surface area (Å²) in [5.74, 6) is 0. The average Bonchev–Trinajstić information content (AvgIpc) is 2.15. The number of hydrogen-bond acceptors (Lipinski definition) is 4. The summed E-state index contributed by atoms with van der Waals surface area (Å²) >= 11 is 5.78. The van der Waals surface area contributed by atoms with Gasteiger partial charge in [0.1, 0.15) is 11.8 Å². The van der Waals surface area contributed by atoms with Gasteiger partial charge in [0.2, 0.25) is 0 Å². The first kappa shape index (κ1) is 9.95. The van der Waals surface area contributed by atoms with Gasteiger partial charge in [0.15, 0.2) is 0 Å². The van der Waals surface area contributed by atoms with E-state index in [0.29, 0.717) is 23.7 Å². The molecule has 1 aromatic heterocycles. The fourth-order valence-electron chi connectivity index (χ4n) is 0.965. The van der Waals surface area contributed by atoms with E-state index in [-0.39, 0.29) is 6.61 Å². The molecule has 0 amide bonds. The van der Waals surface area contributed by atoms with Crippen molar-refractivity contribution in [2.75, 3.05) is 0 Å². The number of nitrogens with zero attached hydrogens (tertiary/aromatic N) is 1. The lowest BCUT2D eigenvalue weighted by Crippen LogP contribution is -2.04. The Hall–Kier alpha value is -1.13. The zero-order valence-corrected chi connectivity index (χ0v) is 7.62. The molecule has 5 heteroatoms. The fraction of sp³-hybridized carbons (Fsp3) is 0.250. The highest BCUT2D eigenvalue weighted by Gasteiger charge is 2.06. The molecule has 0 saturated heterocycles. The van der Waals surface area contributed by atoms with E-state index in [1.807, 2.05) is 0 Å². The molecule has 1 rings (SSSR count). The first-order valence-electron chi connectivity index (χ1n) is 3.67. The van der Waals surface area contributed by atoms with Crippen molar-refractivity contribution in [1.29, 1.82) is 0 Å². The van der Waals surface area contributed by atoms with Gasteiger partial charge in [-0.25, -0.2) is 4.98 Å². The van der Waals surface area contributed by atoms with Crippen LogP contribution in [0.4, 0.5) is 0 Å². The second kappa shape index (κ2) is 4.79. The molecule has 0 aliphatic carbocycles. The van der Waals surface area contributed by atoms with Gasteiger partial charge in [-0.15, -0.1) is 0 Å². The molecule has 0 aliphatic heterocycles. The van der Waals surface area contributed by atoms with Crippen LogP contribution in [-0.4, -0.2) is 11.5 Å². The first-order valence-corrected chi connectivity index (χ1v) is 4.05. The number of carbonyl (C=O) groups is 1. The predicted octanol–water partition coefficient (Wildman–Crippen LogP) is 0.867. The molecule has 1 aromatic rings. The number of pyridine rings is 1. The standard InChI is InChI=1S/C8H9ClN2O2/c9-8-7(4-13-5-12)6(3-10)1-2-11-8/h1-2,5H,3-4,10H2. The second-order valence-corrected chi connectivity index (χ2v) is 2.71. The fourth-order valence-corrected chi connectivity index (χ4v) is 1.20. The van der Waals surface area contributed by atoms with E-state index in [9.17, 15) is 4.79 Å². The van der Waals surface area contributed by atoms with Crippen molar-refractivity contribution in [3.63, 3.8) is 0 Å². The Morgan fingerprint density at radius 1 is 1.69 bits per heavy atom. The summed E-state index contributed by atoms with van der Waals surface area (Å²) in [7, 11) is 0. The van der Waals surface area contributed by atoms with Crippen LogP contribution >= 0.6 is 11.6 Å². The van der Waals surface area contributed by atoms with E-state index in [1.165, 1.54) is 0 Å². The Morgan fingerprint density at radius 3 is 3.08 bits per heavy atom. The molecule has 0 aliphatic rings. The van der Waals surface area contributed by atoms with Crippen LogP contribution in [0.1, 0.15) is 11.1 Å². The average molecular weight is 201 g/mol. The van der Waals surface area contributed by atoms with Gasteiger partial charge in [-0.2, -0.15) is 0 Å².